The van der Waals surface area contributed by atoms with Gasteiger partial charge in [-0.1, -0.05) is 18.2 Å². The SMILES string of the molecule is O=C(CN1C(=O)NC2(CCSC2)C1=O)NCCN1C(=O)S/C(=C\c2ccccc2F)C1=O. The molecule has 0 bridgehead atoms. The molecule has 4 rings (SSSR count). The number of imide groups is 2. The van der Waals surface area contributed by atoms with E-state index in [9.17, 15) is 28.4 Å². The predicted octanol–water partition coefficient (Wildman–Crippen LogP) is 1.41. The van der Waals surface area contributed by atoms with E-state index in [4.69, 9.17) is 0 Å². The molecule has 1 atom stereocenters. The molecule has 3 aliphatic rings. The van der Waals surface area contributed by atoms with Gasteiger partial charge in [0.1, 0.15) is 17.9 Å². The maximum atomic E-state index is 13.8. The van der Waals surface area contributed by atoms with Crippen LogP contribution in [0.15, 0.2) is 29.2 Å². The van der Waals surface area contributed by atoms with Gasteiger partial charge in [0, 0.05) is 24.4 Å². The molecule has 1 aromatic rings. The highest BCUT2D eigenvalue weighted by Crippen LogP contribution is 2.33. The third kappa shape index (κ3) is 4.24. The highest BCUT2D eigenvalue weighted by Gasteiger charge is 2.53. The quantitative estimate of drug-likeness (QED) is 0.469. The molecule has 168 valence electrons. The number of thioether (sulfide) groups is 2. The van der Waals surface area contributed by atoms with E-state index in [1.54, 1.807) is 17.8 Å². The van der Waals surface area contributed by atoms with Crippen LogP contribution < -0.4 is 10.6 Å². The number of amides is 6. The van der Waals surface area contributed by atoms with E-state index < -0.39 is 46.9 Å². The third-order valence-electron chi connectivity index (χ3n) is 5.29. The molecule has 32 heavy (non-hydrogen) atoms. The lowest BCUT2D eigenvalue weighted by Crippen LogP contribution is -2.48. The molecule has 3 heterocycles. The first-order valence-electron chi connectivity index (χ1n) is 9.79. The summed E-state index contributed by atoms with van der Waals surface area (Å²) >= 11 is 2.26. The number of urea groups is 1. The number of rotatable bonds is 6. The number of carbonyl (C=O) groups excluding carboxylic acids is 5. The van der Waals surface area contributed by atoms with Gasteiger partial charge in [-0.05, 0) is 36.1 Å². The van der Waals surface area contributed by atoms with E-state index in [1.165, 1.54) is 24.3 Å². The van der Waals surface area contributed by atoms with Crippen LogP contribution in [0.25, 0.3) is 6.08 Å². The van der Waals surface area contributed by atoms with Gasteiger partial charge >= 0.3 is 6.03 Å². The fourth-order valence-electron chi connectivity index (χ4n) is 3.58. The number of carbonyl (C=O) groups is 5. The maximum Gasteiger partial charge on any atom is 0.325 e. The highest BCUT2D eigenvalue weighted by molar-refractivity contribution is 8.18. The van der Waals surface area contributed by atoms with E-state index in [0.717, 1.165) is 15.6 Å². The predicted molar refractivity (Wildman–Crippen MR) is 117 cm³/mol. The minimum atomic E-state index is -0.922. The van der Waals surface area contributed by atoms with Crippen molar-refractivity contribution in [2.75, 3.05) is 31.1 Å². The Bertz CT molecular complexity index is 1040. The summed E-state index contributed by atoms with van der Waals surface area (Å²) < 4.78 is 13.8. The first-order chi connectivity index (χ1) is 15.3. The van der Waals surface area contributed by atoms with Crippen molar-refractivity contribution < 1.29 is 28.4 Å². The van der Waals surface area contributed by atoms with E-state index >= 15 is 0 Å². The minimum Gasteiger partial charge on any atom is -0.353 e. The van der Waals surface area contributed by atoms with Crippen molar-refractivity contribution in [1.82, 2.24) is 20.4 Å². The molecule has 2 N–H and O–H groups in total. The third-order valence-corrected chi connectivity index (χ3v) is 7.39. The average molecular weight is 479 g/mol. The van der Waals surface area contributed by atoms with Crippen molar-refractivity contribution in [2.24, 2.45) is 0 Å². The molecule has 1 aromatic carbocycles. The second-order valence-electron chi connectivity index (χ2n) is 7.41. The van der Waals surface area contributed by atoms with Crippen molar-refractivity contribution >= 4 is 58.6 Å². The fourth-order valence-corrected chi connectivity index (χ4v) is 5.77. The molecule has 0 radical (unpaired) electrons. The van der Waals surface area contributed by atoms with Gasteiger partial charge in [0.05, 0.1) is 4.91 Å². The largest absolute Gasteiger partial charge is 0.353 e. The lowest BCUT2D eigenvalue weighted by Gasteiger charge is -2.19. The average Bonchev–Trinajstić information content (AvgIpc) is 3.39. The van der Waals surface area contributed by atoms with Crippen LogP contribution in [0, 0.1) is 5.82 Å². The monoisotopic (exact) mass is 478 g/mol. The molecule has 0 saturated carbocycles. The van der Waals surface area contributed by atoms with Crippen molar-refractivity contribution in [3.05, 3.63) is 40.6 Å². The molecule has 0 aromatic heterocycles. The summed E-state index contributed by atoms with van der Waals surface area (Å²) in [7, 11) is 0. The van der Waals surface area contributed by atoms with E-state index in [2.05, 4.69) is 10.6 Å². The Balaban J connectivity index is 1.30. The van der Waals surface area contributed by atoms with Crippen LogP contribution in [0.2, 0.25) is 0 Å². The zero-order valence-electron chi connectivity index (χ0n) is 16.8. The Morgan fingerprint density at radius 1 is 1.22 bits per heavy atom. The summed E-state index contributed by atoms with van der Waals surface area (Å²) in [5.41, 5.74) is -0.729. The van der Waals surface area contributed by atoms with Gasteiger partial charge in [0.15, 0.2) is 0 Å². The van der Waals surface area contributed by atoms with Crippen LogP contribution in [0.3, 0.4) is 0 Å². The van der Waals surface area contributed by atoms with Crippen LogP contribution in [0.1, 0.15) is 12.0 Å². The number of halogens is 1. The molecule has 3 saturated heterocycles. The van der Waals surface area contributed by atoms with E-state index in [0.29, 0.717) is 23.9 Å². The Morgan fingerprint density at radius 3 is 2.72 bits per heavy atom. The normalized spacial score (nSPS) is 24.2. The summed E-state index contributed by atoms with van der Waals surface area (Å²) in [6.07, 6.45) is 1.84. The Morgan fingerprint density at radius 2 is 2.00 bits per heavy atom. The molecular weight excluding hydrogens is 459 g/mol. The molecule has 9 nitrogen and oxygen atoms in total. The maximum absolute atomic E-state index is 13.8. The zero-order chi connectivity index (χ0) is 22.9. The fraction of sp³-hybridized carbons (Fsp3) is 0.350. The molecule has 1 unspecified atom stereocenters. The lowest BCUT2D eigenvalue weighted by molar-refractivity contribution is -0.134. The Hall–Kier alpha value is -2.86. The van der Waals surface area contributed by atoms with Crippen molar-refractivity contribution in [2.45, 2.75) is 12.0 Å². The molecule has 0 aliphatic carbocycles. The molecule has 3 aliphatic heterocycles. The van der Waals surface area contributed by atoms with E-state index in [-0.39, 0.29) is 23.6 Å². The van der Waals surface area contributed by atoms with Gasteiger partial charge in [0.25, 0.3) is 17.1 Å². The lowest BCUT2D eigenvalue weighted by atomic mass is 9.99. The van der Waals surface area contributed by atoms with Crippen LogP contribution in [-0.2, 0) is 14.4 Å². The minimum absolute atomic E-state index is 0.0471. The van der Waals surface area contributed by atoms with Gasteiger partial charge in [-0.3, -0.25) is 29.0 Å². The summed E-state index contributed by atoms with van der Waals surface area (Å²) in [6.45, 7) is -0.577. The standard InChI is InChI=1S/C20H19FN4O5S2/c21-13-4-2-1-3-12(13)9-14-16(27)24(19(30)32-14)7-6-22-15(26)10-25-17(28)20(23-18(25)29)5-8-31-11-20/h1-4,9H,5-8,10-11H2,(H,22,26)(H,23,29)/b14-9-. The number of benzene rings is 1. The smallest absolute Gasteiger partial charge is 0.325 e. The first-order valence-corrected chi connectivity index (χ1v) is 11.8. The molecule has 12 heteroatoms. The van der Waals surface area contributed by atoms with Crippen molar-refractivity contribution in [1.29, 1.82) is 0 Å². The van der Waals surface area contributed by atoms with Crippen LogP contribution in [0.4, 0.5) is 14.0 Å². The second kappa shape index (κ2) is 8.94. The molecule has 6 amide bonds. The molecular formula is C20H19FN4O5S2. The van der Waals surface area contributed by atoms with Crippen molar-refractivity contribution in [3.8, 4) is 0 Å². The van der Waals surface area contributed by atoms with Crippen LogP contribution in [0.5, 0.6) is 0 Å². The van der Waals surface area contributed by atoms with Crippen molar-refractivity contribution in [3.63, 3.8) is 0 Å². The van der Waals surface area contributed by atoms with Gasteiger partial charge in [-0.2, -0.15) is 11.8 Å². The van der Waals surface area contributed by atoms with Gasteiger partial charge < -0.3 is 10.6 Å². The number of hydrogen-bond acceptors (Lipinski definition) is 7. The van der Waals surface area contributed by atoms with Crippen LogP contribution >= 0.6 is 23.5 Å². The number of hydrogen-bond donors (Lipinski definition) is 2. The van der Waals surface area contributed by atoms with Crippen LogP contribution in [-0.4, -0.2) is 75.5 Å². The first kappa shape index (κ1) is 22.3. The van der Waals surface area contributed by atoms with Gasteiger partial charge in [0.2, 0.25) is 5.91 Å². The zero-order valence-corrected chi connectivity index (χ0v) is 18.4. The number of nitrogens with one attached hydrogen (secondary N) is 2. The summed E-state index contributed by atoms with van der Waals surface area (Å²) in [5, 5.41) is 4.67. The molecule has 3 fully saturated rings. The van der Waals surface area contributed by atoms with Gasteiger partial charge in [-0.15, -0.1) is 0 Å². The topological polar surface area (TPSA) is 116 Å². The summed E-state index contributed by atoms with van der Waals surface area (Å²) in [6, 6.07) is 5.29. The highest BCUT2D eigenvalue weighted by atomic mass is 32.2. The molecule has 1 spiro atoms. The second-order valence-corrected chi connectivity index (χ2v) is 9.51. The van der Waals surface area contributed by atoms with Gasteiger partial charge in [-0.25, -0.2) is 9.18 Å². The van der Waals surface area contributed by atoms with E-state index in [1.807, 2.05) is 0 Å². The summed E-state index contributed by atoms with van der Waals surface area (Å²) in [5.74, 6) is -0.834. The Kier molecular flexibility index (Phi) is 6.24. The Labute approximate surface area is 191 Å². The summed E-state index contributed by atoms with van der Waals surface area (Å²) in [4.78, 5) is 63.5. The number of nitrogens with zero attached hydrogens (tertiary/aromatic N) is 2.